The van der Waals surface area contributed by atoms with Gasteiger partial charge in [-0.1, -0.05) is 91.6 Å². The van der Waals surface area contributed by atoms with Crippen LogP contribution in [0.5, 0.6) is 5.75 Å². The Morgan fingerprint density at radius 3 is 1.79 bits per heavy atom. The third-order valence-corrected chi connectivity index (χ3v) is 10.5. The minimum Gasteiger partial charge on any atom is -0.506 e. The van der Waals surface area contributed by atoms with E-state index in [0.717, 1.165) is 15.7 Å². The van der Waals surface area contributed by atoms with Gasteiger partial charge in [0.1, 0.15) is 49.9 Å². The number of rotatable bonds is 0. The monoisotopic (exact) mass is 1110 g/mol. The summed E-state index contributed by atoms with van der Waals surface area (Å²) in [7, 11) is 0. The maximum absolute atomic E-state index is 11.1. The fraction of sp³-hybridized carbons (Fsp3) is 0. The van der Waals surface area contributed by atoms with E-state index in [2.05, 4.69) is 76.5 Å². The van der Waals surface area contributed by atoms with Crippen LogP contribution in [0.25, 0.3) is 77.3 Å². The minimum absolute atomic E-state index is 0.0532. The number of para-hydroxylation sites is 4. The molecule has 0 amide bonds. The van der Waals surface area contributed by atoms with E-state index in [4.69, 9.17) is 42.1 Å². The number of hydrogen-bond acceptors (Lipinski definition) is 23. The Bertz CT molecular complexity index is 4440. The number of phenols is 1. The summed E-state index contributed by atoms with van der Waals surface area (Å²) in [6.07, 6.45) is 6.43. The first-order valence-electron chi connectivity index (χ1n) is 23.0. The Hall–Kier alpha value is -12.2. The zero-order valence-corrected chi connectivity index (χ0v) is 41.9. The molecule has 8 N–H and O–H groups in total. The summed E-state index contributed by atoms with van der Waals surface area (Å²) in [6, 6.07) is 47.0. The number of aromatic amines is 2. The quantitative estimate of drug-likeness (QED) is 0.0858. The fourth-order valence-electron chi connectivity index (χ4n) is 6.58. The number of halogens is 1. The van der Waals surface area contributed by atoms with Crippen LogP contribution in [0.2, 0.25) is 5.02 Å². The van der Waals surface area contributed by atoms with Gasteiger partial charge in [-0.05, 0) is 128 Å². The molecule has 0 bridgehead atoms. The summed E-state index contributed by atoms with van der Waals surface area (Å²) in [5, 5.41) is 90.7. The molecule has 30 nitrogen and oxygen atoms in total. The zero-order valence-electron chi connectivity index (χ0n) is 41.1. The first kappa shape index (κ1) is 55.0. The van der Waals surface area contributed by atoms with Gasteiger partial charge in [-0.3, -0.25) is 19.6 Å². The molecular formula is C50H39ClN20O10. The highest BCUT2D eigenvalue weighted by Gasteiger charge is 2.05. The molecule has 0 fully saturated rings. The Balaban J connectivity index is 0.000000122. The van der Waals surface area contributed by atoms with Crippen LogP contribution in [-0.2, 0) is 0 Å². The van der Waals surface area contributed by atoms with E-state index < -0.39 is 11.3 Å². The van der Waals surface area contributed by atoms with Crippen molar-refractivity contribution in [3.05, 3.63) is 225 Å². The summed E-state index contributed by atoms with van der Waals surface area (Å²) in [4.78, 5) is 51.7. The molecule has 0 atom stereocenters. The van der Waals surface area contributed by atoms with Crippen LogP contribution in [0.3, 0.4) is 0 Å². The van der Waals surface area contributed by atoms with Gasteiger partial charge in [-0.15, -0.1) is 25.5 Å². The van der Waals surface area contributed by atoms with E-state index in [9.17, 15) is 19.5 Å². The maximum Gasteiger partial charge on any atom is 0.417 e. The normalized spacial score (nSPS) is 10.2. The number of oxazole rings is 1. The highest BCUT2D eigenvalue weighted by atomic mass is 35.5. The Morgan fingerprint density at radius 1 is 0.481 bits per heavy atom. The lowest BCUT2D eigenvalue weighted by molar-refractivity contribution is 0.127. The predicted octanol–water partition coefficient (Wildman–Crippen LogP) is 5.58. The van der Waals surface area contributed by atoms with Gasteiger partial charge < -0.3 is 40.5 Å². The topological polar surface area (TPSA) is 410 Å². The van der Waals surface area contributed by atoms with Gasteiger partial charge in [0.2, 0.25) is 16.9 Å². The number of benzene rings is 5. The number of aromatic nitrogens is 20. The Morgan fingerprint density at radius 2 is 1.06 bits per heavy atom. The van der Waals surface area contributed by atoms with Gasteiger partial charge >= 0.3 is 11.3 Å². The number of H-pyrrole nitrogens is 2. The summed E-state index contributed by atoms with van der Waals surface area (Å²) >= 11 is 5.67. The number of hydrogen-bond donors (Lipinski definition) is 8. The van der Waals surface area contributed by atoms with Crippen molar-refractivity contribution in [2.24, 2.45) is 0 Å². The lowest BCUT2D eigenvalue weighted by Crippen LogP contribution is -2.21. The zero-order chi connectivity index (χ0) is 57.1. The Labute approximate surface area is 454 Å². The van der Waals surface area contributed by atoms with Gasteiger partial charge in [-0.25, -0.2) is 14.8 Å². The van der Waals surface area contributed by atoms with Crippen molar-refractivity contribution < 1.29 is 35.6 Å². The van der Waals surface area contributed by atoms with Crippen LogP contribution in [0.4, 0.5) is 0 Å². The van der Waals surface area contributed by atoms with Gasteiger partial charge in [-0.2, -0.15) is 0 Å². The molecule has 15 rings (SSSR count). The van der Waals surface area contributed by atoms with E-state index >= 15 is 0 Å². The van der Waals surface area contributed by atoms with E-state index in [1.165, 1.54) is 6.07 Å². The smallest absolute Gasteiger partial charge is 0.417 e. The van der Waals surface area contributed by atoms with Crippen molar-refractivity contribution >= 4 is 88.9 Å². The molecule has 15 aromatic rings. The molecule has 0 saturated carbocycles. The van der Waals surface area contributed by atoms with Crippen LogP contribution in [-0.4, -0.2) is 132 Å². The van der Waals surface area contributed by atoms with Gasteiger partial charge in [0.15, 0.2) is 5.58 Å². The van der Waals surface area contributed by atoms with Crippen LogP contribution in [0.1, 0.15) is 0 Å². The summed E-state index contributed by atoms with van der Waals surface area (Å²) in [6.45, 7) is 0. The van der Waals surface area contributed by atoms with Crippen molar-refractivity contribution in [1.82, 2.24) is 101 Å². The lowest BCUT2D eigenvalue weighted by Gasteiger charge is -1.96. The summed E-state index contributed by atoms with van der Waals surface area (Å²) in [5.41, 5.74) is 6.27. The Kier molecular flexibility index (Phi) is 18.0. The molecular weight excluding hydrogens is 1080 g/mol. The largest absolute Gasteiger partial charge is 0.506 e. The van der Waals surface area contributed by atoms with Gasteiger partial charge in [0.05, 0.1) is 10.9 Å². The second-order valence-corrected chi connectivity index (χ2v) is 16.1. The molecule has 81 heavy (non-hydrogen) atoms. The second kappa shape index (κ2) is 26.5. The number of aromatic hydroxyl groups is 1. The summed E-state index contributed by atoms with van der Waals surface area (Å²) in [5.74, 6) is -0.163. The lowest BCUT2D eigenvalue weighted by atomic mass is 10.2. The highest BCUT2D eigenvalue weighted by molar-refractivity contribution is 6.31. The number of nitrogens with zero attached hydrogens (tertiary/aromatic N) is 18. The van der Waals surface area contributed by atoms with Crippen LogP contribution >= 0.6 is 11.6 Å². The standard InChI is InChI=1S/C9H7NO.C7H5N3O2.C7H5NO2.C6H4ClN3O.C6H5N3O.2C5H4N4O.C5H5NO/c11-8-5-1-3-7-4-2-6-10-9(7)8;11-7-5-3-1-2-4-6(5)8-9-10(7)12;9-7-8-5-3-1-2-4-6(5)10-7;7-4-1-2-5-6(3-4)10(11)9-8-5;10-9-6-4-2-1-3-5(6)7-8-9;10-9-4-2-1-3-6-5(4)7-8-9;10-9-5-4(7-8-9)2-1-3-6-5;7-5-3-1-2-4-6-5/h1-6,11H;1-4,12H;1-4H,(H,8,9);1-3,11H;1-4,10H;2*1-3,10H;1-4H,(H,6,7). The molecule has 0 aliphatic rings. The van der Waals surface area contributed by atoms with Crippen molar-refractivity contribution in [3.8, 4) is 5.75 Å². The van der Waals surface area contributed by atoms with E-state index in [1.807, 2.05) is 42.5 Å². The predicted molar refractivity (Wildman–Crippen MR) is 288 cm³/mol. The highest BCUT2D eigenvalue weighted by Crippen LogP contribution is 2.21. The molecule has 0 radical (unpaired) electrons. The summed E-state index contributed by atoms with van der Waals surface area (Å²) < 4.78 is 4.76. The first-order chi connectivity index (χ1) is 39.3. The molecule has 5 aromatic carbocycles. The molecule has 0 unspecified atom stereocenters. The SMILES string of the molecule is O=c1[nH]c2ccccc2o1.O=c1c2ccccc2nnn1O.O=c1cccc[nH]1.Oc1cccc2cccnc12.On1nnc2ccc(Cl)cc21.On1nnc2ccccc21.On1nnc2cccnc21.On1nnc2ncccc21. The third kappa shape index (κ3) is 14.6. The maximum atomic E-state index is 11.1. The van der Waals surface area contributed by atoms with E-state index in [0.29, 0.717) is 86.0 Å². The van der Waals surface area contributed by atoms with Gasteiger partial charge in [0, 0.05) is 41.3 Å². The molecule has 0 saturated heterocycles. The molecule has 0 spiro atoms. The molecule has 31 heteroatoms. The average molecular weight is 1120 g/mol. The molecule has 0 aliphatic carbocycles. The number of phenolic OH excluding ortho intramolecular Hbond substituents is 1. The number of nitrogens with one attached hydrogen (secondary N) is 2. The van der Waals surface area contributed by atoms with Crippen LogP contribution < -0.4 is 16.9 Å². The number of fused-ring (bicyclic) bond motifs is 7. The molecule has 0 aliphatic heterocycles. The number of pyridine rings is 4. The van der Waals surface area contributed by atoms with Crippen molar-refractivity contribution in [2.45, 2.75) is 0 Å². The third-order valence-electron chi connectivity index (χ3n) is 10.3. The van der Waals surface area contributed by atoms with Gasteiger partial charge in [0.25, 0.3) is 0 Å². The van der Waals surface area contributed by atoms with Crippen LogP contribution in [0, 0.1) is 0 Å². The average Bonchev–Trinajstić information content (AvgIpc) is 4.35. The molecule has 10 aromatic heterocycles. The second-order valence-electron chi connectivity index (χ2n) is 15.6. The van der Waals surface area contributed by atoms with Crippen LogP contribution in [0.15, 0.2) is 207 Å². The van der Waals surface area contributed by atoms with E-state index in [-0.39, 0.29) is 16.2 Å². The van der Waals surface area contributed by atoms with Crippen molar-refractivity contribution in [2.75, 3.05) is 0 Å². The fourth-order valence-corrected chi connectivity index (χ4v) is 6.75. The molecule has 10 heterocycles. The van der Waals surface area contributed by atoms with Crippen molar-refractivity contribution in [3.63, 3.8) is 0 Å². The van der Waals surface area contributed by atoms with Crippen molar-refractivity contribution in [1.29, 1.82) is 0 Å². The van der Waals surface area contributed by atoms with E-state index in [1.54, 1.807) is 140 Å². The first-order valence-corrected chi connectivity index (χ1v) is 23.4. The minimum atomic E-state index is -0.555. The molecule has 406 valence electrons.